The summed E-state index contributed by atoms with van der Waals surface area (Å²) in [5.41, 5.74) is 2.80. The molecule has 2 aliphatic carbocycles. The standard InChI is InChI=1S/C9H7.4C6H5.C5H5.2ClH.2H3Si.Zr/c1-2-5-9-7-3-6-8(9)4-1;4*1-2-4-6-5-3-1;1-2-4-5-3-1;;;;;/h1-7H;4*1-5H;1-3H,4H2;2*1H;2*1H3;. The average Bonchev–Trinajstić information content (AvgIpc) is 3.77. The molecule has 1 atom stereocenters. The van der Waals surface area contributed by atoms with Crippen LogP contribution in [0.5, 0.6) is 0 Å². The number of rotatable bonds is 6. The minimum atomic E-state index is -6.74. The van der Waals surface area contributed by atoms with E-state index >= 15 is 0 Å². The molecule has 0 amide bonds. The van der Waals surface area contributed by atoms with Gasteiger partial charge in [-0.1, -0.05) is 0 Å². The maximum atomic E-state index is 2.63. The first-order valence-corrected chi connectivity index (χ1v) is 39.3. The van der Waals surface area contributed by atoms with Crippen LogP contribution in [0.4, 0.5) is 0 Å². The molecular weight excluding hydrogens is 675 g/mol. The fraction of sp³-hybridized carbons (Fsp3) is 0.0526. The molecule has 7 rings (SSSR count). The maximum absolute atomic E-state index is 6.74. The van der Waals surface area contributed by atoms with E-state index in [1.807, 2.05) is 0 Å². The van der Waals surface area contributed by atoms with Gasteiger partial charge in [-0.2, -0.15) is 0 Å². The third-order valence-corrected chi connectivity index (χ3v) is 102. The second kappa shape index (κ2) is 9.13. The molecule has 43 heavy (non-hydrogen) atoms. The zero-order chi connectivity index (χ0) is 28.2. The molecule has 5 aromatic rings. The number of allylic oxidation sites excluding steroid dienone is 5. The Morgan fingerprint density at radius 1 is 0.512 bits per heavy atom. The van der Waals surface area contributed by atoms with Gasteiger partial charge in [0.05, 0.1) is 0 Å². The third kappa shape index (κ3) is 2.76. The first-order chi connectivity index (χ1) is 19.8. The molecule has 218 valence electrons. The zero-order valence-corrected chi connectivity index (χ0v) is 32.9. The van der Waals surface area contributed by atoms with Crippen LogP contribution in [0.25, 0.3) is 6.08 Å². The molecule has 0 aromatic heterocycles. The van der Waals surface area contributed by atoms with Crippen molar-refractivity contribution >= 4 is 58.7 Å². The summed E-state index contributed by atoms with van der Waals surface area (Å²) in [4.78, 5) is 0. The molecule has 0 bridgehead atoms. The van der Waals surface area contributed by atoms with Crippen LogP contribution in [-0.2, 0) is 12.7 Å². The quantitative estimate of drug-likeness (QED) is 0.201. The molecule has 5 heteroatoms. The topological polar surface area (TPSA) is 0 Å². The Morgan fingerprint density at radius 3 is 1.30 bits per heavy atom. The predicted molar refractivity (Wildman–Crippen MR) is 199 cm³/mol. The van der Waals surface area contributed by atoms with Gasteiger partial charge in [-0.05, 0) is 0 Å². The fourth-order valence-corrected chi connectivity index (χ4v) is 78.4. The van der Waals surface area contributed by atoms with Gasteiger partial charge in [-0.3, -0.25) is 0 Å². The molecule has 0 saturated heterocycles. The normalized spacial score (nSPS) is 19.0. The van der Waals surface area contributed by atoms with E-state index in [0.29, 0.717) is 0 Å². The molecule has 0 N–H and O–H groups in total. The summed E-state index contributed by atoms with van der Waals surface area (Å²) in [6.07, 6.45) is 13.3. The summed E-state index contributed by atoms with van der Waals surface area (Å²) in [7, 11) is 1.80. The summed E-state index contributed by atoms with van der Waals surface area (Å²) in [6.45, 7) is 0. The van der Waals surface area contributed by atoms with Crippen LogP contribution >= 0.6 is 24.8 Å². The van der Waals surface area contributed by atoms with Gasteiger partial charge in [0.1, 0.15) is 0 Å². The number of halogens is 2. The number of hydrogen-bond acceptors (Lipinski definition) is 0. The summed E-state index contributed by atoms with van der Waals surface area (Å²) in [6, 6.07) is 56.6. The van der Waals surface area contributed by atoms with Gasteiger partial charge in [-0.25, -0.2) is 0 Å². The van der Waals surface area contributed by atoms with Crippen molar-refractivity contribution in [1.29, 1.82) is 0 Å². The Labute approximate surface area is 263 Å². The van der Waals surface area contributed by atoms with Gasteiger partial charge in [0.2, 0.25) is 0 Å². The molecule has 0 aliphatic heterocycles. The molecule has 0 fully saturated rings. The fourth-order valence-electron chi connectivity index (χ4n) is 11.1. The first kappa shape index (κ1) is 31.6. The van der Waals surface area contributed by atoms with Crippen molar-refractivity contribution in [3.8, 4) is 0 Å². The molecule has 5 aromatic carbocycles. The predicted octanol–water partition coefficient (Wildman–Crippen LogP) is 5.60. The Bertz CT molecular complexity index is 1790. The van der Waals surface area contributed by atoms with Crippen molar-refractivity contribution in [3.63, 3.8) is 0 Å². The Balaban J connectivity index is 0.00000184. The second-order valence-corrected chi connectivity index (χ2v) is 111. The van der Waals surface area contributed by atoms with Crippen LogP contribution in [0.15, 0.2) is 173 Å². The van der Waals surface area contributed by atoms with Gasteiger partial charge >= 0.3 is 241 Å². The minimum absolute atomic E-state index is 0. The number of benzene rings is 5. The average molecular weight is 715 g/mol. The van der Waals surface area contributed by atoms with Gasteiger partial charge in [0.25, 0.3) is 0 Å². The van der Waals surface area contributed by atoms with Crippen molar-refractivity contribution in [1.82, 2.24) is 0 Å². The Morgan fingerprint density at radius 2 is 0.907 bits per heavy atom. The van der Waals surface area contributed by atoms with Crippen molar-refractivity contribution in [2.24, 2.45) is 0 Å². The van der Waals surface area contributed by atoms with Crippen molar-refractivity contribution in [2.75, 3.05) is 0 Å². The van der Waals surface area contributed by atoms with E-state index in [0.717, 1.165) is 21.2 Å². The number of fused-ring (bicyclic) bond motifs is 1. The van der Waals surface area contributed by atoms with Crippen LogP contribution < -0.4 is 13.1 Å². The molecule has 0 nitrogen and oxygen atoms in total. The second-order valence-electron chi connectivity index (χ2n) is 14.8. The number of hydrogen-bond donors (Lipinski definition) is 0. The molecule has 0 heterocycles. The van der Waals surface area contributed by atoms with Gasteiger partial charge in [0, 0.05) is 0 Å². The summed E-state index contributed by atoms with van der Waals surface area (Å²) >= 11 is -6.74. The van der Waals surface area contributed by atoms with Crippen LogP contribution in [0.1, 0.15) is 21.2 Å². The van der Waals surface area contributed by atoms with Crippen LogP contribution in [0.2, 0.25) is 0 Å². The van der Waals surface area contributed by atoms with E-state index in [2.05, 4.69) is 176 Å². The SMILES string of the molecule is Cl.Cl.[SiH3][Zr]([SiH3])([C]1=CC=CC1)([c]1ccccc1)([c]1ccccc1)([c]1ccccc1)([c]1ccccc1)[CH]1C=Cc2ccccc21. The van der Waals surface area contributed by atoms with Crippen LogP contribution in [0.3, 0.4) is 0 Å². The van der Waals surface area contributed by atoms with Crippen LogP contribution in [0, 0.1) is 0 Å². The summed E-state index contributed by atoms with van der Waals surface area (Å²) in [5.74, 6) is 0. The molecule has 1 unspecified atom stereocenters. The molecular formula is C38H40Cl2Si2Zr. The van der Waals surface area contributed by atoms with E-state index < -0.39 is 12.7 Å². The van der Waals surface area contributed by atoms with E-state index in [1.165, 1.54) is 24.2 Å². The van der Waals surface area contributed by atoms with E-state index in [4.69, 9.17) is 0 Å². The van der Waals surface area contributed by atoms with Crippen molar-refractivity contribution in [2.45, 2.75) is 10.0 Å². The van der Waals surface area contributed by atoms with E-state index in [1.54, 1.807) is 3.28 Å². The van der Waals surface area contributed by atoms with Crippen molar-refractivity contribution < 1.29 is 12.7 Å². The Kier molecular flexibility index (Phi) is 6.72. The monoisotopic (exact) mass is 712 g/mol. The third-order valence-electron chi connectivity index (χ3n) is 13.8. The first-order valence-electron chi connectivity index (χ1n) is 15.0. The van der Waals surface area contributed by atoms with Crippen molar-refractivity contribution in [3.05, 3.63) is 184 Å². The van der Waals surface area contributed by atoms with Gasteiger partial charge in [-0.15, -0.1) is 24.8 Å². The van der Waals surface area contributed by atoms with Crippen LogP contribution in [-0.4, -0.2) is 14.7 Å². The zero-order valence-electron chi connectivity index (χ0n) is 24.8. The summed E-state index contributed by atoms with van der Waals surface area (Å²) < 4.78 is 7.81. The Hall–Kier alpha value is -2.78. The molecule has 0 radical (unpaired) electrons. The van der Waals surface area contributed by atoms with E-state index in [-0.39, 0.29) is 28.4 Å². The summed E-state index contributed by atoms with van der Waals surface area (Å²) in [5, 5.41) is 0. The molecule has 0 saturated carbocycles. The van der Waals surface area contributed by atoms with E-state index in [9.17, 15) is 0 Å². The molecule has 0 spiro atoms. The van der Waals surface area contributed by atoms with Gasteiger partial charge in [0.15, 0.2) is 0 Å². The van der Waals surface area contributed by atoms with Gasteiger partial charge < -0.3 is 0 Å². The molecule has 2 aliphatic rings.